The highest BCUT2D eigenvalue weighted by Crippen LogP contribution is 2.21. The first-order chi connectivity index (χ1) is 10.9. The predicted octanol–water partition coefficient (Wildman–Crippen LogP) is 2.60. The Hall–Kier alpha value is -2.15. The van der Waals surface area contributed by atoms with E-state index in [2.05, 4.69) is 10.3 Å². The fourth-order valence-electron chi connectivity index (χ4n) is 1.84. The molecule has 0 saturated heterocycles. The van der Waals surface area contributed by atoms with Gasteiger partial charge in [-0.3, -0.25) is 14.2 Å². The molecule has 1 N–H and O–H groups in total. The molecule has 2 aromatic rings. The average molecular weight is 335 g/mol. The van der Waals surface area contributed by atoms with E-state index in [4.69, 9.17) is 0 Å². The van der Waals surface area contributed by atoms with Gasteiger partial charge in [-0.1, -0.05) is 18.7 Å². The van der Waals surface area contributed by atoms with E-state index in [1.807, 2.05) is 6.92 Å². The molecule has 1 heterocycles. The lowest BCUT2D eigenvalue weighted by molar-refractivity contribution is -0.115. The van der Waals surface area contributed by atoms with Crippen LogP contribution in [0.3, 0.4) is 0 Å². The summed E-state index contributed by atoms with van der Waals surface area (Å²) < 4.78 is 14.3. The summed E-state index contributed by atoms with van der Waals surface area (Å²) in [5.41, 5.74) is 1.07. The number of halogens is 1. The van der Waals surface area contributed by atoms with Gasteiger partial charge in [0.15, 0.2) is 5.16 Å². The molecule has 1 atom stereocenters. The monoisotopic (exact) mass is 335 g/mol. The Kier molecular flexibility index (Phi) is 5.54. The van der Waals surface area contributed by atoms with Crippen LogP contribution in [0.1, 0.15) is 19.5 Å². The first-order valence-electron chi connectivity index (χ1n) is 7.20. The van der Waals surface area contributed by atoms with Crippen LogP contribution in [0.5, 0.6) is 0 Å². The maximum Gasteiger partial charge on any atom is 0.254 e. The van der Waals surface area contributed by atoms with Crippen molar-refractivity contribution in [2.45, 2.75) is 30.7 Å². The Balaban J connectivity index is 2.10. The van der Waals surface area contributed by atoms with Crippen LogP contribution < -0.4 is 10.9 Å². The molecule has 7 heteroatoms. The zero-order chi connectivity index (χ0) is 17.0. The third-order valence-electron chi connectivity index (χ3n) is 3.27. The van der Waals surface area contributed by atoms with Gasteiger partial charge in [0.25, 0.3) is 5.56 Å². The smallest absolute Gasteiger partial charge is 0.254 e. The van der Waals surface area contributed by atoms with Gasteiger partial charge in [0, 0.05) is 24.5 Å². The molecule has 0 aliphatic rings. The summed E-state index contributed by atoms with van der Waals surface area (Å²) in [4.78, 5) is 28.5. The van der Waals surface area contributed by atoms with Crippen LogP contribution in [0, 0.1) is 5.82 Å². The first kappa shape index (κ1) is 17.2. The molecule has 1 aromatic heterocycles. The van der Waals surface area contributed by atoms with Crippen molar-refractivity contribution in [1.29, 1.82) is 0 Å². The zero-order valence-electron chi connectivity index (χ0n) is 13.2. The van der Waals surface area contributed by atoms with Gasteiger partial charge in [-0.2, -0.15) is 0 Å². The first-order valence-corrected chi connectivity index (χ1v) is 8.08. The van der Waals surface area contributed by atoms with Crippen LogP contribution >= 0.6 is 11.8 Å². The number of benzene rings is 1. The standard InChI is InChI=1S/C16H18FN3O2S/c1-4-12-9-14(21)20(3)16(19-12)23-10(2)15(22)18-13-7-5-11(17)6-8-13/h5-10H,4H2,1-3H3,(H,18,22)/t10-/m0/s1. The molecule has 122 valence electrons. The number of aromatic nitrogens is 2. The maximum atomic E-state index is 12.9. The molecule has 0 saturated carbocycles. The molecule has 0 fully saturated rings. The average Bonchev–Trinajstić information content (AvgIpc) is 2.53. The van der Waals surface area contributed by atoms with E-state index >= 15 is 0 Å². The fourth-order valence-corrected chi connectivity index (χ4v) is 2.74. The summed E-state index contributed by atoms with van der Waals surface area (Å²) in [6.45, 7) is 3.65. The second kappa shape index (κ2) is 7.41. The molecule has 1 aromatic carbocycles. The summed E-state index contributed by atoms with van der Waals surface area (Å²) in [5, 5.41) is 2.75. The van der Waals surface area contributed by atoms with E-state index in [1.165, 1.54) is 46.7 Å². The summed E-state index contributed by atoms with van der Waals surface area (Å²) in [6, 6.07) is 7.05. The minimum absolute atomic E-state index is 0.148. The van der Waals surface area contributed by atoms with Crippen LogP contribution in [0.4, 0.5) is 10.1 Å². The van der Waals surface area contributed by atoms with Gasteiger partial charge in [-0.15, -0.1) is 0 Å². The molecule has 0 unspecified atom stereocenters. The van der Waals surface area contributed by atoms with Gasteiger partial charge in [0.2, 0.25) is 5.91 Å². The second-order valence-electron chi connectivity index (χ2n) is 5.04. The number of hydrogen-bond donors (Lipinski definition) is 1. The number of nitrogens with zero attached hydrogens (tertiary/aromatic N) is 2. The summed E-state index contributed by atoms with van der Waals surface area (Å²) in [6.07, 6.45) is 0.653. The lowest BCUT2D eigenvalue weighted by Gasteiger charge is -2.14. The van der Waals surface area contributed by atoms with Gasteiger partial charge < -0.3 is 5.32 Å². The number of thioether (sulfide) groups is 1. The topological polar surface area (TPSA) is 64.0 Å². The Morgan fingerprint density at radius 3 is 2.65 bits per heavy atom. The van der Waals surface area contributed by atoms with Crippen molar-refractivity contribution in [1.82, 2.24) is 9.55 Å². The molecular weight excluding hydrogens is 317 g/mol. The number of carbonyl (C=O) groups excluding carboxylic acids is 1. The Bertz CT molecular complexity index is 759. The van der Waals surface area contributed by atoms with E-state index < -0.39 is 5.25 Å². The van der Waals surface area contributed by atoms with Crippen molar-refractivity contribution < 1.29 is 9.18 Å². The molecule has 0 aliphatic carbocycles. The Morgan fingerprint density at radius 1 is 1.39 bits per heavy atom. The third-order valence-corrected chi connectivity index (χ3v) is 4.42. The summed E-state index contributed by atoms with van der Waals surface area (Å²) >= 11 is 1.21. The van der Waals surface area contributed by atoms with Gasteiger partial charge in [0.05, 0.1) is 5.25 Å². The van der Waals surface area contributed by atoms with E-state index in [0.717, 1.165) is 0 Å². The van der Waals surface area contributed by atoms with E-state index in [0.29, 0.717) is 23.0 Å². The van der Waals surface area contributed by atoms with Crippen molar-refractivity contribution in [2.75, 3.05) is 5.32 Å². The van der Waals surface area contributed by atoms with Crippen molar-refractivity contribution in [3.63, 3.8) is 0 Å². The number of amides is 1. The third kappa shape index (κ3) is 4.41. The Morgan fingerprint density at radius 2 is 2.04 bits per heavy atom. The van der Waals surface area contributed by atoms with E-state index in [-0.39, 0.29) is 17.3 Å². The molecule has 1 amide bonds. The minimum atomic E-state index is -0.453. The lowest BCUT2D eigenvalue weighted by atomic mass is 10.3. The maximum absolute atomic E-state index is 12.9. The molecule has 5 nitrogen and oxygen atoms in total. The number of hydrogen-bond acceptors (Lipinski definition) is 4. The number of carbonyl (C=O) groups is 1. The fraction of sp³-hybridized carbons (Fsp3) is 0.312. The molecular formula is C16H18FN3O2S. The van der Waals surface area contributed by atoms with E-state index in [1.54, 1.807) is 14.0 Å². The SMILES string of the molecule is CCc1cc(=O)n(C)c(S[C@@H](C)C(=O)Nc2ccc(F)cc2)n1. The normalized spacial score (nSPS) is 12.0. The highest BCUT2D eigenvalue weighted by atomic mass is 32.2. The molecule has 0 radical (unpaired) electrons. The number of rotatable bonds is 5. The summed E-state index contributed by atoms with van der Waals surface area (Å²) in [5.74, 6) is -0.598. The van der Waals surface area contributed by atoms with Crippen molar-refractivity contribution in [3.05, 3.63) is 52.2 Å². The number of aryl methyl sites for hydroxylation is 1. The minimum Gasteiger partial charge on any atom is -0.325 e. The summed E-state index contributed by atoms with van der Waals surface area (Å²) in [7, 11) is 1.63. The molecule has 0 spiro atoms. The van der Waals surface area contributed by atoms with Crippen molar-refractivity contribution in [2.24, 2.45) is 7.05 Å². The van der Waals surface area contributed by atoms with Gasteiger partial charge >= 0.3 is 0 Å². The van der Waals surface area contributed by atoms with Crippen LogP contribution in [-0.2, 0) is 18.3 Å². The van der Waals surface area contributed by atoms with Gasteiger partial charge in [0.1, 0.15) is 5.82 Å². The van der Waals surface area contributed by atoms with Crippen molar-refractivity contribution >= 4 is 23.4 Å². The van der Waals surface area contributed by atoms with Crippen LogP contribution in [0.25, 0.3) is 0 Å². The lowest BCUT2D eigenvalue weighted by Crippen LogP contribution is -2.25. The zero-order valence-corrected chi connectivity index (χ0v) is 14.0. The second-order valence-corrected chi connectivity index (χ2v) is 6.35. The van der Waals surface area contributed by atoms with Crippen molar-refractivity contribution in [3.8, 4) is 0 Å². The quantitative estimate of drug-likeness (QED) is 0.674. The molecule has 0 bridgehead atoms. The van der Waals surface area contributed by atoms with Gasteiger partial charge in [-0.25, -0.2) is 9.37 Å². The molecule has 23 heavy (non-hydrogen) atoms. The van der Waals surface area contributed by atoms with Crippen LogP contribution in [0.15, 0.2) is 40.3 Å². The highest BCUT2D eigenvalue weighted by Gasteiger charge is 2.17. The van der Waals surface area contributed by atoms with Crippen LogP contribution in [0.2, 0.25) is 0 Å². The number of anilines is 1. The van der Waals surface area contributed by atoms with E-state index in [9.17, 15) is 14.0 Å². The largest absolute Gasteiger partial charge is 0.325 e. The number of nitrogens with one attached hydrogen (secondary N) is 1. The predicted molar refractivity (Wildman–Crippen MR) is 89.2 cm³/mol. The van der Waals surface area contributed by atoms with Crippen LogP contribution in [-0.4, -0.2) is 20.7 Å². The molecule has 2 rings (SSSR count). The Labute approximate surface area is 137 Å². The van der Waals surface area contributed by atoms with Gasteiger partial charge in [-0.05, 0) is 37.6 Å². The molecule has 0 aliphatic heterocycles. The highest BCUT2D eigenvalue weighted by molar-refractivity contribution is 8.00.